The number of ether oxygens (including phenoxy) is 1. The summed E-state index contributed by atoms with van der Waals surface area (Å²) in [6, 6.07) is 6.02. The van der Waals surface area contributed by atoms with Crippen LogP contribution in [0, 0.1) is 5.92 Å². The van der Waals surface area contributed by atoms with Gasteiger partial charge in [0.05, 0.1) is 6.61 Å². The molecule has 0 spiro atoms. The van der Waals surface area contributed by atoms with Crippen LogP contribution in [0.2, 0.25) is 0 Å². The van der Waals surface area contributed by atoms with Gasteiger partial charge in [-0.05, 0) is 62.3 Å². The van der Waals surface area contributed by atoms with E-state index in [1.54, 1.807) is 0 Å². The van der Waals surface area contributed by atoms with Crippen molar-refractivity contribution in [2.75, 3.05) is 11.9 Å². The first kappa shape index (κ1) is 15.8. The van der Waals surface area contributed by atoms with E-state index in [1.165, 1.54) is 12.8 Å². The van der Waals surface area contributed by atoms with Gasteiger partial charge in [0.15, 0.2) is 0 Å². The number of fused-ring (bicyclic) bond motifs is 1. The van der Waals surface area contributed by atoms with Crippen molar-refractivity contribution in [1.29, 1.82) is 0 Å². The lowest BCUT2D eigenvalue weighted by atomic mass is 10.0. The molecule has 5 nitrogen and oxygen atoms in total. The van der Waals surface area contributed by atoms with E-state index in [4.69, 9.17) is 4.74 Å². The number of aryl methyl sites for hydroxylation is 1. The van der Waals surface area contributed by atoms with Crippen molar-refractivity contribution in [2.24, 2.45) is 5.92 Å². The zero-order valence-electron chi connectivity index (χ0n) is 13.6. The number of anilines is 1. The highest BCUT2D eigenvalue weighted by Crippen LogP contribution is 2.32. The van der Waals surface area contributed by atoms with Gasteiger partial charge in [-0.3, -0.25) is 9.59 Å². The molecule has 124 valence electrons. The number of hydrogen-bond acceptors (Lipinski definition) is 3. The van der Waals surface area contributed by atoms with E-state index in [-0.39, 0.29) is 11.8 Å². The van der Waals surface area contributed by atoms with Crippen LogP contribution in [-0.4, -0.2) is 24.5 Å². The van der Waals surface area contributed by atoms with Crippen molar-refractivity contribution in [3.05, 3.63) is 23.8 Å². The van der Waals surface area contributed by atoms with Gasteiger partial charge in [-0.1, -0.05) is 0 Å². The van der Waals surface area contributed by atoms with Gasteiger partial charge in [0, 0.05) is 24.6 Å². The first-order valence-electron chi connectivity index (χ1n) is 8.47. The fraction of sp³-hybridized carbons (Fsp3) is 0.556. The van der Waals surface area contributed by atoms with Crippen LogP contribution in [0.4, 0.5) is 5.69 Å². The van der Waals surface area contributed by atoms with Gasteiger partial charge in [0.2, 0.25) is 11.8 Å². The fourth-order valence-corrected chi connectivity index (χ4v) is 2.91. The summed E-state index contributed by atoms with van der Waals surface area (Å²) in [4.78, 5) is 23.1. The Kier molecular flexibility index (Phi) is 4.84. The van der Waals surface area contributed by atoms with Gasteiger partial charge in [0.1, 0.15) is 5.75 Å². The molecule has 23 heavy (non-hydrogen) atoms. The highest BCUT2D eigenvalue weighted by atomic mass is 16.5. The van der Waals surface area contributed by atoms with Gasteiger partial charge in [-0.25, -0.2) is 0 Å². The second-order valence-electron chi connectivity index (χ2n) is 6.51. The zero-order valence-corrected chi connectivity index (χ0v) is 13.6. The average molecular weight is 316 g/mol. The van der Waals surface area contributed by atoms with Gasteiger partial charge >= 0.3 is 0 Å². The van der Waals surface area contributed by atoms with Crippen molar-refractivity contribution >= 4 is 17.5 Å². The Hall–Kier alpha value is -2.04. The minimum Gasteiger partial charge on any atom is -0.494 e. The number of carbonyl (C=O) groups is 2. The molecule has 5 heteroatoms. The molecule has 1 saturated carbocycles. The predicted molar refractivity (Wildman–Crippen MR) is 88.5 cm³/mol. The minimum absolute atomic E-state index is 0.0672. The van der Waals surface area contributed by atoms with E-state index in [1.807, 2.05) is 18.2 Å². The molecular weight excluding hydrogens is 292 g/mol. The fourth-order valence-electron chi connectivity index (χ4n) is 2.91. The van der Waals surface area contributed by atoms with Crippen molar-refractivity contribution in [3.8, 4) is 5.75 Å². The second-order valence-corrected chi connectivity index (χ2v) is 6.51. The Bertz CT molecular complexity index is 596. The van der Waals surface area contributed by atoms with Gasteiger partial charge in [0.25, 0.3) is 0 Å². The van der Waals surface area contributed by atoms with E-state index in [2.05, 4.69) is 17.6 Å². The highest BCUT2D eigenvalue weighted by molar-refractivity contribution is 5.94. The number of rotatable bonds is 7. The SMILES string of the molecule is CC(NC(=O)CCCOc1ccc2c(c1)CCC(=O)N2)C1CC1. The lowest BCUT2D eigenvalue weighted by Crippen LogP contribution is -2.33. The van der Waals surface area contributed by atoms with Crippen LogP contribution < -0.4 is 15.4 Å². The molecule has 1 unspecified atom stereocenters. The number of benzene rings is 1. The quantitative estimate of drug-likeness (QED) is 0.760. The van der Waals surface area contributed by atoms with Crippen LogP contribution in [-0.2, 0) is 16.0 Å². The predicted octanol–water partition coefficient (Wildman–Crippen LogP) is 2.65. The summed E-state index contributed by atoms with van der Waals surface area (Å²) in [5, 5.41) is 5.91. The van der Waals surface area contributed by atoms with Crippen LogP contribution >= 0.6 is 0 Å². The summed E-state index contributed by atoms with van der Waals surface area (Å²) in [5.41, 5.74) is 1.99. The van der Waals surface area contributed by atoms with Crippen molar-refractivity contribution < 1.29 is 14.3 Å². The van der Waals surface area contributed by atoms with Gasteiger partial charge in [-0.2, -0.15) is 0 Å². The molecule has 0 saturated heterocycles. The Morgan fingerprint density at radius 1 is 1.39 bits per heavy atom. The molecule has 1 aliphatic heterocycles. The third kappa shape index (κ3) is 4.47. The Labute approximate surface area is 136 Å². The van der Waals surface area contributed by atoms with E-state index < -0.39 is 0 Å². The van der Waals surface area contributed by atoms with Gasteiger partial charge < -0.3 is 15.4 Å². The maximum Gasteiger partial charge on any atom is 0.224 e. The molecule has 0 bridgehead atoms. The van der Waals surface area contributed by atoms with Crippen molar-refractivity contribution in [3.63, 3.8) is 0 Å². The van der Waals surface area contributed by atoms with E-state index in [0.717, 1.165) is 23.4 Å². The summed E-state index contributed by atoms with van der Waals surface area (Å²) in [6.45, 7) is 2.61. The normalized spacial score (nSPS) is 17.9. The molecule has 1 atom stereocenters. The lowest BCUT2D eigenvalue weighted by molar-refractivity contribution is -0.122. The molecule has 1 aromatic carbocycles. The Morgan fingerprint density at radius 3 is 3.00 bits per heavy atom. The molecule has 1 aliphatic carbocycles. The smallest absolute Gasteiger partial charge is 0.224 e. The van der Waals surface area contributed by atoms with E-state index >= 15 is 0 Å². The second kappa shape index (κ2) is 7.02. The first-order chi connectivity index (χ1) is 11.1. The Morgan fingerprint density at radius 2 is 2.22 bits per heavy atom. The van der Waals surface area contributed by atoms with Crippen LogP contribution in [0.25, 0.3) is 0 Å². The van der Waals surface area contributed by atoms with Crippen LogP contribution in [0.5, 0.6) is 5.75 Å². The maximum atomic E-state index is 11.8. The molecule has 3 rings (SSSR count). The molecule has 2 N–H and O–H groups in total. The molecule has 0 radical (unpaired) electrons. The van der Waals surface area contributed by atoms with Crippen LogP contribution in [0.3, 0.4) is 0 Å². The van der Waals surface area contributed by atoms with Crippen LogP contribution in [0.15, 0.2) is 18.2 Å². The zero-order chi connectivity index (χ0) is 16.2. The number of nitrogens with one attached hydrogen (secondary N) is 2. The molecule has 0 aromatic heterocycles. The van der Waals surface area contributed by atoms with Crippen LogP contribution in [0.1, 0.15) is 44.6 Å². The summed E-state index contributed by atoms with van der Waals surface area (Å²) in [5.74, 6) is 1.66. The lowest BCUT2D eigenvalue weighted by Gasteiger charge is -2.17. The average Bonchev–Trinajstić information content (AvgIpc) is 3.36. The maximum absolute atomic E-state index is 11.8. The first-order valence-corrected chi connectivity index (χ1v) is 8.47. The van der Waals surface area contributed by atoms with Crippen molar-refractivity contribution in [1.82, 2.24) is 5.32 Å². The minimum atomic E-state index is 0.0672. The highest BCUT2D eigenvalue weighted by Gasteiger charge is 2.28. The largest absolute Gasteiger partial charge is 0.494 e. The number of carbonyl (C=O) groups excluding carboxylic acids is 2. The summed E-state index contributed by atoms with van der Waals surface area (Å²) < 4.78 is 5.72. The third-order valence-corrected chi connectivity index (χ3v) is 4.51. The monoisotopic (exact) mass is 316 g/mol. The Balaban J connectivity index is 1.38. The standard InChI is InChI=1S/C18H24N2O3/c1-12(13-4-5-13)19-17(21)3-2-10-23-15-7-8-16-14(11-15)6-9-18(22)20-16/h7-8,11-13H,2-6,9-10H2,1H3,(H,19,21)(H,20,22). The van der Waals surface area contributed by atoms with Crippen molar-refractivity contribution in [2.45, 2.75) is 51.5 Å². The molecule has 1 heterocycles. The summed E-state index contributed by atoms with van der Waals surface area (Å²) in [6.07, 6.45) is 4.96. The number of amides is 2. The molecule has 2 aliphatic rings. The molecule has 2 amide bonds. The summed E-state index contributed by atoms with van der Waals surface area (Å²) in [7, 11) is 0. The van der Waals surface area contributed by atoms with Gasteiger partial charge in [-0.15, -0.1) is 0 Å². The summed E-state index contributed by atoms with van der Waals surface area (Å²) >= 11 is 0. The van der Waals surface area contributed by atoms with E-state index in [9.17, 15) is 9.59 Å². The third-order valence-electron chi connectivity index (χ3n) is 4.51. The topological polar surface area (TPSA) is 67.4 Å². The molecule has 1 aromatic rings. The molecular formula is C18H24N2O3. The van der Waals surface area contributed by atoms with E-state index in [0.29, 0.717) is 37.8 Å². The molecule has 1 fully saturated rings. The number of hydrogen-bond donors (Lipinski definition) is 2.